The molecule has 0 aliphatic heterocycles. The van der Waals surface area contributed by atoms with Gasteiger partial charge in [0.2, 0.25) is 15.9 Å². The highest BCUT2D eigenvalue weighted by Gasteiger charge is 2.21. The van der Waals surface area contributed by atoms with Crippen molar-refractivity contribution in [1.82, 2.24) is 9.62 Å². The van der Waals surface area contributed by atoms with Crippen LogP contribution in [0.2, 0.25) is 0 Å². The number of benzene rings is 2. The lowest BCUT2D eigenvalue weighted by Crippen LogP contribution is -2.33. The van der Waals surface area contributed by atoms with E-state index in [1.165, 1.54) is 39.4 Å². The van der Waals surface area contributed by atoms with Crippen molar-refractivity contribution < 1.29 is 17.9 Å². The SMILES string of the molecule is COc1ccc(S(=O)(=O)N(C)C)cc1NC(=O)CNC(c1ccccc1)C(C)C. The van der Waals surface area contributed by atoms with E-state index in [9.17, 15) is 13.2 Å². The molecule has 2 aromatic rings. The number of rotatable bonds is 9. The Morgan fingerprint density at radius 1 is 1.10 bits per heavy atom. The summed E-state index contributed by atoms with van der Waals surface area (Å²) in [4.78, 5) is 12.6. The second kappa shape index (κ2) is 9.87. The maximum Gasteiger partial charge on any atom is 0.242 e. The van der Waals surface area contributed by atoms with E-state index in [0.717, 1.165) is 9.87 Å². The third kappa shape index (κ3) is 5.79. The quantitative estimate of drug-likeness (QED) is 0.653. The van der Waals surface area contributed by atoms with Gasteiger partial charge in [0.05, 0.1) is 24.2 Å². The number of methoxy groups -OCH3 is 1. The molecule has 0 fully saturated rings. The average molecular weight is 420 g/mol. The number of hydrogen-bond acceptors (Lipinski definition) is 5. The molecule has 2 N–H and O–H groups in total. The zero-order chi connectivity index (χ0) is 21.6. The van der Waals surface area contributed by atoms with Gasteiger partial charge in [-0.15, -0.1) is 0 Å². The van der Waals surface area contributed by atoms with Gasteiger partial charge in [-0.25, -0.2) is 12.7 Å². The fourth-order valence-corrected chi connectivity index (χ4v) is 3.88. The number of ether oxygens (including phenoxy) is 1. The first kappa shape index (κ1) is 22.9. The first-order valence-electron chi connectivity index (χ1n) is 9.35. The Bertz CT molecular complexity index is 928. The summed E-state index contributed by atoms with van der Waals surface area (Å²) < 4.78 is 31.1. The molecule has 0 radical (unpaired) electrons. The number of sulfonamides is 1. The molecule has 2 rings (SSSR count). The molecule has 7 nitrogen and oxygen atoms in total. The molecule has 8 heteroatoms. The predicted molar refractivity (Wildman–Crippen MR) is 115 cm³/mol. The van der Waals surface area contributed by atoms with Crippen LogP contribution in [0.5, 0.6) is 5.75 Å². The summed E-state index contributed by atoms with van der Waals surface area (Å²) in [5, 5.41) is 6.03. The molecule has 2 aromatic carbocycles. The predicted octanol–water partition coefficient (Wildman–Crippen LogP) is 2.87. The standard InChI is InChI=1S/C21H29N3O4S/c1-15(2)21(16-9-7-6-8-10-16)22-14-20(25)23-18-13-17(11-12-19(18)28-5)29(26,27)24(3)4/h6-13,15,21-22H,14H2,1-5H3,(H,23,25). The molecule has 0 aromatic heterocycles. The van der Waals surface area contributed by atoms with E-state index in [-0.39, 0.29) is 29.3 Å². The van der Waals surface area contributed by atoms with Crippen LogP contribution in [0.1, 0.15) is 25.5 Å². The van der Waals surface area contributed by atoms with Crippen molar-refractivity contribution in [3.05, 3.63) is 54.1 Å². The van der Waals surface area contributed by atoms with Gasteiger partial charge in [-0.3, -0.25) is 4.79 Å². The fourth-order valence-electron chi connectivity index (χ4n) is 2.95. The van der Waals surface area contributed by atoms with Crippen LogP contribution in [-0.2, 0) is 14.8 Å². The number of hydrogen-bond donors (Lipinski definition) is 2. The van der Waals surface area contributed by atoms with Gasteiger partial charge in [-0.1, -0.05) is 44.2 Å². The monoisotopic (exact) mass is 419 g/mol. The molecule has 0 spiro atoms. The van der Waals surface area contributed by atoms with Gasteiger partial charge in [0, 0.05) is 20.1 Å². The second-order valence-corrected chi connectivity index (χ2v) is 9.36. The highest BCUT2D eigenvalue weighted by Crippen LogP contribution is 2.28. The lowest BCUT2D eigenvalue weighted by atomic mass is 9.96. The molecule has 29 heavy (non-hydrogen) atoms. The van der Waals surface area contributed by atoms with Gasteiger partial charge >= 0.3 is 0 Å². The third-order valence-electron chi connectivity index (χ3n) is 4.53. The van der Waals surface area contributed by atoms with E-state index in [1.54, 1.807) is 0 Å². The number of nitrogens with zero attached hydrogens (tertiary/aromatic N) is 1. The van der Waals surface area contributed by atoms with E-state index in [1.807, 2.05) is 30.3 Å². The van der Waals surface area contributed by atoms with Crippen LogP contribution in [0.4, 0.5) is 5.69 Å². The van der Waals surface area contributed by atoms with E-state index in [0.29, 0.717) is 11.4 Å². The number of anilines is 1. The van der Waals surface area contributed by atoms with Crippen LogP contribution in [0.15, 0.2) is 53.4 Å². The molecule has 0 saturated carbocycles. The number of amides is 1. The van der Waals surface area contributed by atoms with Crippen molar-refractivity contribution in [3.8, 4) is 5.75 Å². The molecule has 0 bridgehead atoms. The number of nitrogens with one attached hydrogen (secondary N) is 2. The molecular weight excluding hydrogens is 390 g/mol. The normalized spacial score (nSPS) is 12.8. The van der Waals surface area contributed by atoms with Crippen LogP contribution >= 0.6 is 0 Å². The summed E-state index contributed by atoms with van der Waals surface area (Å²) in [5.41, 5.74) is 1.41. The Labute approximate surface area is 173 Å². The summed E-state index contributed by atoms with van der Waals surface area (Å²) in [6, 6.07) is 14.3. The van der Waals surface area contributed by atoms with E-state index < -0.39 is 10.0 Å². The molecule has 0 aliphatic carbocycles. The van der Waals surface area contributed by atoms with Crippen molar-refractivity contribution in [2.45, 2.75) is 24.8 Å². The van der Waals surface area contributed by atoms with Gasteiger partial charge < -0.3 is 15.4 Å². The minimum absolute atomic E-state index is 0.0179. The molecular formula is C21H29N3O4S. The van der Waals surface area contributed by atoms with Crippen LogP contribution in [0.3, 0.4) is 0 Å². The fraction of sp³-hybridized carbons (Fsp3) is 0.381. The first-order chi connectivity index (χ1) is 13.7. The summed E-state index contributed by atoms with van der Waals surface area (Å²) in [5.74, 6) is 0.386. The van der Waals surface area contributed by atoms with E-state index >= 15 is 0 Å². The van der Waals surface area contributed by atoms with E-state index in [4.69, 9.17) is 4.74 Å². The van der Waals surface area contributed by atoms with E-state index in [2.05, 4.69) is 24.5 Å². The Hall–Kier alpha value is -2.42. The third-order valence-corrected chi connectivity index (χ3v) is 6.34. The first-order valence-corrected chi connectivity index (χ1v) is 10.8. The van der Waals surface area contributed by atoms with Crippen LogP contribution in [0, 0.1) is 5.92 Å². The Morgan fingerprint density at radius 3 is 2.31 bits per heavy atom. The van der Waals surface area contributed by atoms with Crippen molar-refractivity contribution in [2.75, 3.05) is 33.1 Å². The summed E-state index contributed by atoms with van der Waals surface area (Å²) in [6.45, 7) is 4.24. The highest BCUT2D eigenvalue weighted by atomic mass is 32.2. The zero-order valence-electron chi connectivity index (χ0n) is 17.5. The van der Waals surface area contributed by atoms with Crippen LogP contribution in [-0.4, -0.2) is 46.4 Å². The minimum Gasteiger partial charge on any atom is -0.495 e. The smallest absolute Gasteiger partial charge is 0.242 e. The van der Waals surface area contributed by atoms with Gasteiger partial charge in [-0.2, -0.15) is 0 Å². The van der Waals surface area contributed by atoms with Crippen molar-refractivity contribution in [3.63, 3.8) is 0 Å². The minimum atomic E-state index is -3.62. The number of carbonyl (C=O) groups excluding carboxylic acids is 1. The van der Waals surface area contributed by atoms with Crippen molar-refractivity contribution in [1.29, 1.82) is 0 Å². The van der Waals surface area contributed by atoms with Crippen molar-refractivity contribution in [2.24, 2.45) is 5.92 Å². The maximum absolute atomic E-state index is 12.5. The van der Waals surface area contributed by atoms with Gasteiger partial charge in [-0.05, 0) is 29.7 Å². The molecule has 158 valence electrons. The lowest BCUT2D eigenvalue weighted by molar-refractivity contribution is -0.115. The topological polar surface area (TPSA) is 87.7 Å². The number of carbonyl (C=O) groups is 1. The second-order valence-electron chi connectivity index (χ2n) is 7.21. The molecule has 1 amide bonds. The average Bonchev–Trinajstić information content (AvgIpc) is 2.68. The molecule has 1 atom stereocenters. The molecule has 0 heterocycles. The van der Waals surface area contributed by atoms with Gasteiger partial charge in [0.1, 0.15) is 5.75 Å². The summed E-state index contributed by atoms with van der Waals surface area (Å²) in [6.07, 6.45) is 0. The summed E-state index contributed by atoms with van der Waals surface area (Å²) >= 11 is 0. The molecule has 1 unspecified atom stereocenters. The highest BCUT2D eigenvalue weighted by molar-refractivity contribution is 7.89. The van der Waals surface area contributed by atoms with Crippen LogP contribution < -0.4 is 15.4 Å². The van der Waals surface area contributed by atoms with Crippen molar-refractivity contribution >= 4 is 21.6 Å². The lowest BCUT2D eigenvalue weighted by Gasteiger charge is -2.23. The largest absolute Gasteiger partial charge is 0.495 e. The zero-order valence-corrected chi connectivity index (χ0v) is 18.3. The Balaban J connectivity index is 2.15. The Kier molecular flexibility index (Phi) is 7.78. The Morgan fingerprint density at radius 2 is 1.76 bits per heavy atom. The molecule has 0 saturated heterocycles. The van der Waals surface area contributed by atoms with Gasteiger partial charge in [0.25, 0.3) is 0 Å². The molecule has 0 aliphatic rings. The summed E-state index contributed by atoms with van der Waals surface area (Å²) in [7, 11) is 0.755. The van der Waals surface area contributed by atoms with Crippen LogP contribution in [0.25, 0.3) is 0 Å². The maximum atomic E-state index is 12.5. The van der Waals surface area contributed by atoms with Gasteiger partial charge in [0.15, 0.2) is 0 Å².